The summed E-state index contributed by atoms with van der Waals surface area (Å²) >= 11 is 1.48. The highest BCUT2D eigenvalue weighted by atomic mass is 32.1. The first-order valence-corrected chi connectivity index (χ1v) is 6.55. The fourth-order valence-corrected chi connectivity index (χ4v) is 2.93. The Bertz CT molecular complexity index is 542. The second-order valence-electron chi connectivity index (χ2n) is 4.34. The van der Waals surface area contributed by atoms with Gasteiger partial charge < -0.3 is 10.5 Å². The molecule has 1 aromatic heterocycles. The molecule has 0 spiro atoms. The predicted molar refractivity (Wildman–Crippen MR) is 72.8 cm³/mol. The number of aryl methyl sites for hydroxylation is 2. The Labute approximate surface area is 110 Å². The molecule has 2 rings (SSSR count). The van der Waals surface area contributed by atoms with Crippen LogP contribution in [0.25, 0.3) is 0 Å². The molecular weight excluding hydrogens is 249 g/mol. The number of halogens is 1. The van der Waals surface area contributed by atoms with Gasteiger partial charge in [0.05, 0.1) is 13.2 Å². The molecule has 0 aliphatic heterocycles. The van der Waals surface area contributed by atoms with Crippen molar-refractivity contribution in [1.29, 1.82) is 0 Å². The Morgan fingerprint density at radius 3 is 2.56 bits per heavy atom. The maximum atomic E-state index is 14.0. The van der Waals surface area contributed by atoms with E-state index in [0.717, 1.165) is 21.8 Å². The SMILES string of the molecule is COc1csc(C(N)c2c(C)cc(C)cc2F)c1. The molecule has 2 nitrogen and oxygen atoms in total. The van der Waals surface area contributed by atoms with Crippen LogP contribution in [0.5, 0.6) is 5.75 Å². The van der Waals surface area contributed by atoms with Crippen LogP contribution in [0.4, 0.5) is 4.39 Å². The molecule has 0 amide bonds. The number of methoxy groups -OCH3 is 1. The summed E-state index contributed by atoms with van der Waals surface area (Å²) in [5.41, 5.74) is 8.50. The number of thiophene rings is 1. The Morgan fingerprint density at radius 2 is 2.00 bits per heavy atom. The van der Waals surface area contributed by atoms with Gasteiger partial charge in [0, 0.05) is 15.8 Å². The van der Waals surface area contributed by atoms with E-state index in [-0.39, 0.29) is 5.82 Å². The lowest BCUT2D eigenvalue weighted by atomic mass is 9.98. The van der Waals surface area contributed by atoms with Crippen molar-refractivity contribution in [2.24, 2.45) is 5.73 Å². The Balaban J connectivity index is 2.42. The molecule has 0 fully saturated rings. The lowest BCUT2D eigenvalue weighted by molar-refractivity contribution is 0.416. The molecule has 0 aliphatic rings. The third-order valence-corrected chi connectivity index (χ3v) is 3.92. The van der Waals surface area contributed by atoms with E-state index in [0.29, 0.717) is 5.56 Å². The summed E-state index contributed by atoms with van der Waals surface area (Å²) in [7, 11) is 1.61. The lowest BCUT2D eigenvalue weighted by Gasteiger charge is -2.15. The van der Waals surface area contributed by atoms with Crippen LogP contribution in [-0.2, 0) is 0 Å². The predicted octanol–water partition coefficient (Wildman–Crippen LogP) is 3.56. The molecular formula is C14H16FNOS. The smallest absolute Gasteiger partial charge is 0.129 e. The highest BCUT2D eigenvalue weighted by molar-refractivity contribution is 7.10. The molecule has 1 heterocycles. The van der Waals surface area contributed by atoms with E-state index >= 15 is 0 Å². The minimum Gasteiger partial charge on any atom is -0.496 e. The lowest BCUT2D eigenvalue weighted by Crippen LogP contribution is -2.14. The average molecular weight is 265 g/mol. The molecule has 1 aromatic carbocycles. The normalized spacial score (nSPS) is 12.5. The zero-order chi connectivity index (χ0) is 13.3. The summed E-state index contributed by atoms with van der Waals surface area (Å²) < 4.78 is 19.2. The average Bonchev–Trinajstić information content (AvgIpc) is 2.75. The van der Waals surface area contributed by atoms with Crippen molar-refractivity contribution in [2.45, 2.75) is 19.9 Å². The first-order chi connectivity index (χ1) is 8.52. The van der Waals surface area contributed by atoms with Crippen LogP contribution in [0.3, 0.4) is 0 Å². The van der Waals surface area contributed by atoms with Gasteiger partial charge in [0.15, 0.2) is 0 Å². The summed E-state index contributed by atoms with van der Waals surface area (Å²) in [6.45, 7) is 3.76. The van der Waals surface area contributed by atoms with Crippen molar-refractivity contribution in [3.8, 4) is 5.75 Å². The maximum absolute atomic E-state index is 14.0. The molecule has 0 bridgehead atoms. The summed E-state index contributed by atoms with van der Waals surface area (Å²) in [6, 6.07) is 4.88. The summed E-state index contributed by atoms with van der Waals surface area (Å²) in [6.07, 6.45) is 0. The molecule has 1 atom stereocenters. The van der Waals surface area contributed by atoms with Gasteiger partial charge in [0.25, 0.3) is 0 Å². The van der Waals surface area contributed by atoms with Gasteiger partial charge in [-0.1, -0.05) is 6.07 Å². The molecule has 4 heteroatoms. The summed E-state index contributed by atoms with van der Waals surface area (Å²) in [4.78, 5) is 0.901. The van der Waals surface area contributed by atoms with E-state index in [2.05, 4.69) is 0 Å². The molecule has 2 aromatic rings. The minimum absolute atomic E-state index is 0.243. The van der Waals surface area contributed by atoms with Gasteiger partial charge >= 0.3 is 0 Å². The minimum atomic E-state index is -0.445. The van der Waals surface area contributed by atoms with Crippen LogP contribution >= 0.6 is 11.3 Å². The second-order valence-corrected chi connectivity index (χ2v) is 5.29. The zero-order valence-corrected chi connectivity index (χ0v) is 11.5. The third-order valence-electron chi connectivity index (χ3n) is 2.93. The number of benzene rings is 1. The van der Waals surface area contributed by atoms with Crippen LogP contribution in [-0.4, -0.2) is 7.11 Å². The summed E-state index contributed by atoms with van der Waals surface area (Å²) in [5, 5.41) is 1.87. The quantitative estimate of drug-likeness (QED) is 0.921. The fourth-order valence-electron chi connectivity index (χ4n) is 2.07. The van der Waals surface area contributed by atoms with Crippen molar-refractivity contribution in [3.63, 3.8) is 0 Å². The van der Waals surface area contributed by atoms with Crippen molar-refractivity contribution in [1.82, 2.24) is 0 Å². The number of hydrogen-bond donors (Lipinski definition) is 1. The Morgan fingerprint density at radius 1 is 1.28 bits per heavy atom. The van der Waals surface area contributed by atoms with E-state index in [1.807, 2.05) is 31.4 Å². The van der Waals surface area contributed by atoms with E-state index in [1.165, 1.54) is 17.4 Å². The van der Waals surface area contributed by atoms with E-state index in [9.17, 15) is 4.39 Å². The molecule has 0 aliphatic carbocycles. The maximum Gasteiger partial charge on any atom is 0.129 e. The van der Waals surface area contributed by atoms with Gasteiger partial charge in [-0.05, 0) is 37.1 Å². The highest BCUT2D eigenvalue weighted by Gasteiger charge is 2.18. The largest absolute Gasteiger partial charge is 0.496 e. The van der Waals surface area contributed by atoms with Crippen LogP contribution in [0.2, 0.25) is 0 Å². The summed E-state index contributed by atoms with van der Waals surface area (Å²) in [5.74, 6) is 0.517. The number of hydrogen-bond acceptors (Lipinski definition) is 3. The number of ether oxygens (including phenoxy) is 1. The first-order valence-electron chi connectivity index (χ1n) is 5.67. The van der Waals surface area contributed by atoms with Crippen LogP contribution in [0, 0.1) is 19.7 Å². The third kappa shape index (κ3) is 2.40. The number of rotatable bonds is 3. The number of nitrogens with two attached hydrogens (primary N) is 1. The second kappa shape index (κ2) is 5.08. The van der Waals surface area contributed by atoms with Gasteiger partial charge in [0.2, 0.25) is 0 Å². The van der Waals surface area contributed by atoms with Crippen LogP contribution in [0.15, 0.2) is 23.6 Å². The molecule has 2 N–H and O–H groups in total. The van der Waals surface area contributed by atoms with Gasteiger partial charge in [-0.25, -0.2) is 4.39 Å². The van der Waals surface area contributed by atoms with E-state index in [4.69, 9.17) is 10.5 Å². The standard InChI is InChI=1S/C14H16FNOS/c1-8-4-9(2)13(11(15)5-8)14(16)12-6-10(17-3)7-18-12/h4-7,14H,16H2,1-3H3. The van der Waals surface area contributed by atoms with Crippen molar-refractivity contribution >= 4 is 11.3 Å². The van der Waals surface area contributed by atoms with Crippen LogP contribution < -0.4 is 10.5 Å². The molecule has 96 valence electrons. The zero-order valence-electron chi connectivity index (χ0n) is 10.7. The first kappa shape index (κ1) is 13.1. The Hall–Kier alpha value is -1.39. The van der Waals surface area contributed by atoms with Crippen molar-refractivity contribution < 1.29 is 9.13 Å². The molecule has 0 saturated heterocycles. The van der Waals surface area contributed by atoms with Gasteiger partial charge in [-0.3, -0.25) is 0 Å². The Kier molecular flexibility index (Phi) is 3.68. The molecule has 0 radical (unpaired) electrons. The van der Waals surface area contributed by atoms with Gasteiger partial charge in [0.1, 0.15) is 11.6 Å². The van der Waals surface area contributed by atoms with E-state index in [1.54, 1.807) is 7.11 Å². The van der Waals surface area contributed by atoms with E-state index < -0.39 is 6.04 Å². The van der Waals surface area contributed by atoms with Gasteiger partial charge in [-0.15, -0.1) is 11.3 Å². The molecule has 18 heavy (non-hydrogen) atoms. The highest BCUT2D eigenvalue weighted by Crippen LogP contribution is 2.32. The monoisotopic (exact) mass is 265 g/mol. The van der Waals surface area contributed by atoms with Crippen molar-refractivity contribution in [2.75, 3.05) is 7.11 Å². The van der Waals surface area contributed by atoms with Crippen LogP contribution in [0.1, 0.15) is 27.6 Å². The topological polar surface area (TPSA) is 35.2 Å². The molecule has 1 unspecified atom stereocenters. The fraction of sp³-hybridized carbons (Fsp3) is 0.286. The van der Waals surface area contributed by atoms with Gasteiger partial charge in [-0.2, -0.15) is 0 Å². The molecule has 0 saturated carbocycles. The van der Waals surface area contributed by atoms with Crippen molar-refractivity contribution in [3.05, 3.63) is 51.0 Å².